The van der Waals surface area contributed by atoms with Crippen LogP contribution in [0.1, 0.15) is 43.7 Å². The highest BCUT2D eigenvalue weighted by molar-refractivity contribution is 5.81. The normalized spacial score (nSPS) is 20.3. The zero-order valence-electron chi connectivity index (χ0n) is 14.8. The molecule has 0 heterocycles. The van der Waals surface area contributed by atoms with Crippen LogP contribution >= 0.6 is 0 Å². The monoisotopic (exact) mass is 333 g/mol. The highest BCUT2D eigenvalue weighted by atomic mass is 16.5. The number of esters is 1. The van der Waals surface area contributed by atoms with E-state index < -0.39 is 5.97 Å². The Bertz CT molecular complexity index is 585. The molecule has 0 saturated heterocycles. The number of methoxy groups -OCH3 is 1. The Morgan fingerprint density at radius 2 is 2.00 bits per heavy atom. The molecule has 132 valence electrons. The fourth-order valence-corrected chi connectivity index (χ4v) is 3.18. The van der Waals surface area contributed by atoms with Crippen LogP contribution in [0.15, 0.2) is 18.2 Å². The zero-order chi connectivity index (χ0) is 17.5. The lowest BCUT2D eigenvalue weighted by atomic mass is 9.86. The van der Waals surface area contributed by atoms with E-state index in [1.807, 2.05) is 25.1 Å². The van der Waals surface area contributed by atoms with Crippen molar-refractivity contribution >= 4 is 11.9 Å². The molecule has 0 spiro atoms. The van der Waals surface area contributed by atoms with E-state index in [1.54, 1.807) is 7.11 Å². The predicted octanol–water partition coefficient (Wildman–Crippen LogP) is 2.78. The minimum atomic E-state index is -0.425. The number of amides is 1. The first kappa shape index (κ1) is 18.3. The van der Waals surface area contributed by atoms with Crippen LogP contribution in [-0.2, 0) is 20.7 Å². The number of hydrogen-bond donors (Lipinski definition) is 1. The van der Waals surface area contributed by atoms with Crippen LogP contribution in [0, 0.1) is 12.8 Å². The van der Waals surface area contributed by atoms with Crippen LogP contribution in [0.3, 0.4) is 0 Å². The largest absolute Gasteiger partial charge is 0.496 e. The second-order valence-electron chi connectivity index (χ2n) is 6.59. The summed E-state index contributed by atoms with van der Waals surface area (Å²) in [6, 6.07) is 5.84. The molecule has 0 radical (unpaired) electrons. The topological polar surface area (TPSA) is 64.6 Å². The van der Waals surface area contributed by atoms with Gasteiger partial charge < -0.3 is 14.8 Å². The maximum atomic E-state index is 12.0. The lowest BCUT2D eigenvalue weighted by Gasteiger charge is -2.29. The summed E-state index contributed by atoms with van der Waals surface area (Å²) in [6.07, 6.45) is 4.60. The molecule has 1 amide bonds. The molecule has 1 aromatic rings. The summed E-state index contributed by atoms with van der Waals surface area (Å²) in [4.78, 5) is 24.0. The van der Waals surface area contributed by atoms with E-state index in [1.165, 1.54) is 6.42 Å². The summed E-state index contributed by atoms with van der Waals surface area (Å²) in [7, 11) is 1.57. The standard InChI is InChI=1S/C19H27NO4/c1-13-8-9-17(23-3)15(10-13)11-19(22)24-12-18(21)20-16-7-5-4-6-14(16)2/h8-10,14,16H,4-7,11-12H2,1-3H3,(H,20,21)/t14-,16-/m1/s1. The average Bonchev–Trinajstić information content (AvgIpc) is 2.55. The zero-order valence-corrected chi connectivity index (χ0v) is 14.8. The third kappa shape index (κ3) is 5.25. The molecule has 2 atom stereocenters. The Hall–Kier alpha value is -2.04. The molecule has 1 aromatic carbocycles. The van der Waals surface area contributed by atoms with Crippen molar-refractivity contribution in [3.8, 4) is 5.75 Å². The van der Waals surface area contributed by atoms with E-state index in [4.69, 9.17) is 9.47 Å². The Morgan fingerprint density at radius 3 is 2.71 bits per heavy atom. The van der Waals surface area contributed by atoms with Gasteiger partial charge in [0.25, 0.3) is 5.91 Å². The summed E-state index contributed by atoms with van der Waals surface area (Å²) in [6.45, 7) is 3.88. The van der Waals surface area contributed by atoms with Crippen molar-refractivity contribution in [2.24, 2.45) is 5.92 Å². The Morgan fingerprint density at radius 1 is 1.25 bits per heavy atom. The van der Waals surface area contributed by atoms with Crippen molar-refractivity contribution in [2.75, 3.05) is 13.7 Å². The van der Waals surface area contributed by atoms with Crippen molar-refractivity contribution in [3.05, 3.63) is 29.3 Å². The van der Waals surface area contributed by atoms with Gasteiger partial charge in [-0.3, -0.25) is 9.59 Å². The number of nitrogens with one attached hydrogen (secondary N) is 1. The molecule has 24 heavy (non-hydrogen) atoms. The van der Waals surface area contributed by atoms with E-state index in [9.17, 15) is 9.59 Å². The van der Waals surface area contributed by atoms with Gasteiger partial charge in [-0.15, -0.1) is 0 Å². The van der Waals surface area contributed by atoms with Crippen molar-refractivity contribution in [2.45, 2.75) is 52.0 Å². The number of benzene rings is 1. The molecule has 0 unspecified atom stereocenters. The number of carbonyl (C=O) groups excluding carboxylic acids is 2. The quantitative estimate of drug-likeness (QED) is 0.813. The number of hydrogen-bond acceptors (Lipinski definition) is 4. The predicted molar refractivity (Wildman–Crippen MR) is 92.0 cm³/mol. The molecular formula is C19H27NO4. The van der Waals surface area contributed by atoms with Crippen LogP contribution in [-0.4, -0.2) is 31.6 Å². The van der Waals surface area contributed by atoms with Gasteiger partial charge >= 0.3 is 5.97 Å². The summed E-state index contributed by atoms with van der Waals surface area (Å²) >= 11 is 0. The second kappa shape index (κ2) is 8.71. The van der Waals surface area contributed by atoms with Crippen LogP contribution in [0.4, 0.5) is 0 Å². The molecule has 5 heteroatoms. The van der Waals surface area contributed by atoms with Crippen molar-refractivity contribution in [1.29, 1.82) is 0 Å². The maximum Gasteiger partial charge on any atom is 0.310 e. The molecule has 1 aliphatic carbocycles. The van der Waals surface area contributed by atoms with Crippen molar-refractivity contribution in [1.82, 2.24) is 5.32 Å². The van der Waals surface area contributed by atoms with Gasteiger partial charge in [0.2, 0.25) is 0 Å². The third-order valence-corrected chi connectivity index (χ3v) is 4.59. The van der Waals surface area contributed by atoms with Gasteiger partial charge in [0.05, 0.1) is 13.5 Å². The minimum Gasteiger partial charge on any atom is -0.496 e. The molecule has 0 bridgehead atoms. The van der Waals surface area contributed by atoms with Crippen molar-refractivity contribution < 1.29 is 19.1 Å². The molecule has 1 N–H and O–H groups in total. The SMILES string of the molecule is COc1ccc(C)cc1CC(=O)OCC(=O)N[C@@H]1CCCC[C@H]1C. The number of ether oxygens (including phenoxy) is 2. The third-order valence-electron chi connectivity index (χ3n) is 4.59. The van der Waals surface area contributed by atoms with Gasteiger partial charge in [-0.25, -0.2) is 0 Å². The first-order valence-electron chi connectivity index (χ1n) is 8.58. The Kier molecular flexibility index (Phi) is 6.64. The van der Waals surface area contributed by atoms with Gasteiger partial charge in [-0.2, -0.15) is 0 Å². The molecule has 1 aliphatic rings. The molecular weight excluding hydrogens is 306 g/mol. The van der Waals surface area contributed by atoms with E-state index in [2.05, 4.69) is 12.2 Å². The molecule has 5 nitrogen and oxygen atoms in total. The number of rotatable bonds is 6. The van der Waals surface area contributed by atoms with Gasteiger partial charge in [-0.05, 0) is 31.7 Å². The first-order chi connectivity index (χ1) is 11.5. The van der Waals surface area contributed by atoms with E-state index in [-0.39, 0.29) is 25.0 Å². The summed E-state index contributed by atoms with van der Waals surface area (Å²) in [5, 5.41) is 2.98. The van der Waals surface area contributed by atoms with Crippen LogP contribution in [0.5, 0.6) is 5.75 Å². The van der Waals surface area contributed by atoms with E-state index >= 15 is 0 Å². The van der Waals surface area contributed by atoms with Crippen LogP contribution in [0.2, 0.25) is 0 Å². The van der Waals surface area contributed by atoms with Gasteiger partial charge in [-0.1, -0.05) is 37.5 Å². The summed E-state index contributed by atoms with van der Waals surface area (Å²) < 4.78 is 10.4. The smallest absolute Gasteiger partial charge is 0.310 e. The van der Waals surface area contributed by atoms with Gasteiger partial charge in [0.1, 0.15) is 5.75 Å². The van der Waals surface area contributed by atoms with Crippen LogP contribution < -0.4 is 10.1 Å². The number of aryl methyl sites for hydroxylation is 1. The van der Waals surface area contributed by atoms with Crippen LogP contribution in [0.25, 0.3) is 0 Å². The summed E-state index contributed by atoms with van der Waals surface area (Å²) in [5.41, 5.74) is 1.81. The molecule has 1 saturated carbocycles. The van der Waals surface area contributed by atoms with E-state index in [0.717, 1.165) is 30.4 Å². The van der Waals surface area contributed by atoms with Crippen molar-refractivity contribution in [3.63, 3.8) is 0 Å². The van der Waals surface area contributed by atoms with E-state index in [0.29, 0.717) is 11.7 Å². The molecule has 2 rings (SSSR count). The minimum absolute atomic E-state index is 0.0952. The fourth-order valence-electron chi connectivity index (χ4n) is 3.18. The Labute approximate surface area is 143 Å². The highest BCUT2D eigenvalue weighted by Crippen LogP contribution is 2.23. The number of carbonyl (C=O) groups is 2. The fraction of sp³-hybridized carbons (Fsp3) is 0.579. The first-order valence-corrected chi connectivity index (χ1v) is 8.58. The molecule has 0 aliphatic heterocycles. The van der Waals surface area contributed by atoms with Gasteiger partial charge in [0, 0.05) is 11.6 Å². The Balaban J connectivity index is 1.80. The van der Waals surface area contributed by atoms with Gasteiger partial charge in [0.15, 0.2) is 6.61 Å². The second-order valence-corrected chi connectivity index (χ2v) is 6.59. The summed E-state index contributed by atoms with van der Waals surface area (Å²) in [5.74, 6) is 0.483. The molecule has 0 aromatic heterocycles. The average molecular weight is 333 g/mol. The highest BCUT2D eigenvalue weighted by Gasteiger charge is 2.23. The molecule has 1 fully saturated rings. The lowest BCUT2D eigenvalue weighted by molar-refractivity contribution is -0.148. The maximum absolute atomic E-state index is 12.0. The lowest BCUT2D eigenvalue weighted by Crippen LogP contribution is -2.42.